The molecule has 0 aliphatic heterocycles. The van der Waals surface area contributed by atoms with E-state index in [4.69, 9.17) is 4.74 Å². The van der Waals surface area contributed by atoms with E-state index in [9.17, 15) is 4.79 Å². The topological polar surface area (TPSA) is 64.1 Å². The van der Waals surface area contributed by atoms with Gasteiger partial charge in [0.15, 0.2) is 4.34 Å². The van der Waals surface area contributed by atoms with Crippen molar-refractivity contribution in [2.24, 2.45) is 0 Å². The number of carbonyl (C=O) groups is 1. The summed E-state index contributed by atoms with van der Waals surface area (Å²) in [6.45, 7) is 3.64. The lowest BCUT2D eigenvalue weighted by Crippen LogP contribution is -2.11. The Hall–Kier alpha value is -1.86. The molecule has 20 heavy (non-hydrogen) atoms. The van der Waals surface area contributed by atoms with E-state index in [1.165, 1.54) is 23.1 Å². The van der Waals surface area contributed by atoms with Crippen LogP contribution in [0.25, 0.3) is 0 Å². The Labute approximate surface area is 125 Å². The molecular formula is C13H13N3O2S2. The van der Waals surface area contributed by atoms with E-state index < -0.39 is 0 Å². The average molecular weight is 307 g/mol. The normalized spacial score (nSPS) is 10.1. The third-order valence-electron chi connectivity index (χ3n) is 2.28. The molecule has 2 aromatic rings. The van der Waals surface area contributed by atoms with E-state index in [0.29, 0.717) is 16.4 Å². The van der Waals surface area contributed by atoms with Gasteiger partial charge in [-0.15, -0.1) is 16.8 Å². The van der Waals surface area contributed by atoms with Crippen LogP contribution in [0.15, 0.2) is 41.3 Å². The molecule has 1 aromatic heterocycles. The molecule has 0 unspecified atom stereocenters. The second-order valence-corrected chi connectivity index (χ2v) is 5.90. The number of benzene rings is 1. The number of methoxy groups -OCH3 is 1. The van der Waals surface area contributed by atoms with Crippen LogP contribution in [-0.2, 0) is 0 Å². The number of amides is 1. The number of hydrogen-bond acceptors (Lipinski definition) is 6. The van der Waals surface area contributed by atoms with Crippen molar-refractivity contribution in [3.8, 4) is 5.75 Å². The first kappa shape index (κ1) is 14.5. The maximum absolute atomic E-state index is 12.1. The lowest BCUT2D eigenvalue weighted by Gasteiger charge is -2.03. The van der Waals surface area contributed by atoms with Gasteiger partial charge in [-0.05, 0) is 18.2 Å². The molecule has 0 radical (unpaired) electrons. The molecule has 0 atom stereocenters. The first-order chi connectivity index (χ1) is 9.72. The van der Waals surface area contributed by atoms with E-state index in [-0.39, 0.29) is 5.91 Å². The van der Waals surface area contributed by atoms with Crippen molar-refractivity contribution >= 4 is 34.1 Å². The van der Waals surface area contributed by atoms with Gasteiger partial charge in [0.25, 0.3) is 5.91 Å². The number of rotatable bonds is 6. The maximum Gasteiger partial charge on any atom is 0.257 e. The Morgan fingerprint density at radius 3 is 3.15 bits per heavy atom. The quantitative estimate of drug-likeness (QED) is 0.505. The summed E-state index contributed by atoms with van der Waals surface area (Å²) in [6.07, 6.45) is 1.79. The molecule has 0 saturated heterocycles. The van der Waals surface area contributed by atoms with Crippen LogP contribution in [0.4, 0.5) is 5.13 Å². The van der Waals surface area contributed by atoms with Crippen LogP contribution in [0.3, 0.4) is 0 Å². The van der Waals surface area contributed by atoms with Crippen LogP contribution in [-0.4, -0.2) is 29.0 Å². The van der Waals surface area contributed by atoms with Gasteiger partial charge in [-0.25, -0.2) is 0 Å². The first-order valence-corrected chi connectivity index (χ1v) is 7.55. The van der Waals surface area contributed by atoms with Gasteiger partial charge in [0, 0.05) is 11.3 Å². The van der Waals surface area contributed by atoms with Crippen molar-refractivity contribution in [1.29, 1.82) is 0 Å². The molecule has 0 spiro atoms. The van der Waals surface area contributed by atoms with E-state index >= 15 is 0 Å². The molecule has 5 nitrogen and oxygen atoms in total. The summed E-state index contributed by atoms with van der Waals surface area (Å²) in [7, 11) is 1.56. The highest BCUT2D eigenvalue weighted by molar-refractivity contribution is 8.01. The molecule has 0 fully saturated rings. The maximum atomic E-state index is 12.1. The first-order valence-electron chi connectivity index (χ1n) is 5.75. The molecule has 7 heteroatoms. The molecule has 0 saturated carbocycles. The van der Waals surface area contributed by atoms with Crippen LogP contribution < -0.4 is 10.1 Å². The minimum absolute atomic E-state index is 0.236. The Balaban J connectivity index is 2.03. The van der Waals surface area contributed by atoms with E-state index in [1.54, 1.807) is 37.5 Å². The number of carbonyl (C=O) groups excluding carboxylic acids is 1. The standard InChI is InChI=1S/C13H13N3O2S2/c1-3-7-19-13-16-15-12(20-13)14-11(17)9-5-4-6-10(8-9)18-2/h3-6,8H,1,7H2,2H3,(H,14,15,17). The lowest BCUT2D eigenvalue weighted by molar-refractivity contribution is 0.102. The lowest BCUT2D eigenvalue weighted by atomic mass is 10.2. The predicted molar refractivity (Wildman–Crippen MR) is 81.8 cm³/mol. The fraction of sp³-hybridized carbons (Fsp3) is 0.154. The van der Waals surface area contributed by atoms with Crippen LogP contribution in [0.2, 0.25) is 0 Å². The van der Waals surface area contributed by atoms with Crippen molar-refractivity contribution in [2.75, 3.05) is 18.2 Å². The number of thioether (sulfide) groups is 1. The molecular weight excluding hydrogens is 294 g/mol. The number of hydrogen-bond donors (Lipinski definition) is 1. The summed E-state index contributed by atoms with van der Waals surface area (Å²) in [5.74, 6) is 1.16. The second kappa shape index (κ2) is 7.06. The van der Waals surface area contributed by atoms with Crippen molar-refractivity contribution in [2.45, 2.75) is 4.34 Å². The molecule has 0 bridgehead atoms. The summed E-state index contributed by atoms with van der Waals surface area (Å²) in [5, 5.41) is 11.1. The highest BCUT2D eigenvalue weighted by Crippen LogP contribution is 2.25. The zero-order valence-corrected chi connectivity index (χ0v) is 12.5. The fourth-order valence-electron chi connectivity index (χ4n) is 1.38. The van der Waals surface area contributed by atoms with Crippen LogP contribution >= 0.6 is 23.1 Å². The zero-order chi connectivity index (χ0) is 14.4. The second-order valence-electron chi connectivity index (χ2n) is 3.66. The molecule has 0 aliphatic carbocycles. The fourth-order valence-corrected chi connectivity index (χ4v) is 2.89. The number of aromatic nitrogens is 2. The number of anilines is 1. The summed E-state index contributed by atoms with van der Waals surface area (Å²) in [4.78, 5) is 12.1. The van der Waals surface area contributed by atoms with Crippen molar-refractivity contribution in [3.05, 3.63) is 42.5 Å². The van der Waals surface area contributed by atoms with Gasteiger partial charge in [-0.3, -0.25) is 10.1 Å². The van der Waals surface area contributed by atoms with Gasteiger partial charge in [0.2, 0.25) is 5.13 Å². The van der Waals surface area contributed by atoms with E-state index in [0.717, 1.165) is 10.1 Å². The molecule has 0 aliphatic rings. The highest BCUT2D eigenvalue weighted by Gasteiger charge is 2.10. The van der Waals surface area contributed by atoms with Crippen molar-refractivity contribution in [3.63, 3.8) is 0 Å². The van der Waals surface area contributed by atoms with Gasteiger partial charge in [-0.1, -0.05) is 35.2 Å². The number of nitrogens with zero attached hydrogens (tertiary/aromatic N) is 2. The smallest absolute Gasteiger partial charge is 0.257 e. The molecule has 1 N–H and O–H groups in total. The molecule has 2 rings (SSSR count). The van der Waals surface area contributed by atoms with Crippen LogP contribution in [0.5, 0.6) is 5.75 Å². The minimum Gasteiger partial charge on any atom is -0.497 e. The third kappa shape index (κ3) is 3.82. The number of nitrogens with one attached hydrogen (secondary N) is 1. The highest BCUT2D eigenvalue weighted by atomic mass is 32.2. The van der Waals surface area contributed by atoms with Gasteiger partial charge >= 0.3 is 0 Å². The molecule has 1 heterocycles. The summed E-state index contributed by atoms with van der Waals surface area (Å²) >= 11 is 2.86. The van der Waals surface area contributed by atoms with Gasteiger partial charge in [0.05, 0.1) is 7.11 Å². The third-order valence-corrected chi connectivity index (χ3v) is 4.25. The zero-order valence-electron chi connectivity index (χ0n) is 10.8. The van der Waals surface area contributed by atoms with Gasteiger partial charge in [-0.2, -0.15) is 0 Å². The Bertz CT molecular complexity index is 613. The SMILES string of the molecule is C=CCSc1nnc(NC(=O)c2cccc(OC)c2)s1. The summed E-state index contributed by atoms with van der Waals surface area (Å²) in [6, 6.07) is 6.93. The molecule has 1 amide bonds. The number of ether oxygens (including phenoxy) is 1. The predicted octanol–water partition coefficient (Wildman–Crippen LogP) is 3.08. The molecule has 104 valence electrons. The van der Waals surface area contributed by atoms with Crippen LogP contribution in [0.1, 0.15) is 10.4 Å². The van der Waals surface area contributed by atoms with Gasteiger partial charge < -0.3 is 4.74 Å². The summed E-state index contributed by atoms with van der Waals surface area (Å²) in [5.41, 5.74) is 0.514. The van der Waals surface area contributed by atoms with Gasteiger partial charge in [0.1, 0.15) is 5.75 Å². The molecule has 1 aromatic carbocycles. The van der Waals surface area contributed by atoms with Crippen molar-refractivity contribution in [1.82, 2.24) is 10.2 Å². The average Bonchev–Trinajstić information content (AvgIpc) is 2.92. The van der Waals surface area contributed by atoms with Crippen LogP contribution in [0, 0.1) is 0 Å². The summed E-state index contributed by atoms with van der Waals surface area (Å²) < 4.78 is 5.88. The largest absolute Gasteiger partial charge is 0.497 e. The monoisotopic (exact) mass is 307 g/mol. The van der Waals surface area contributed by atoms with E-state index in [1.807, 2.05) is 0 Å². The Morgan fingerprint density at radius 2 is 2.40 bits per heavy atom. The van der Waals surface area contributed by atoms with Crippen molar-refractivity contribution < 1.29 is 9.53 Å². The van der Waals surface area contributed by atoms with E-state index in [2.05, 4.69) is 22.1 Å². The Kier molecular flexibility index (Phi) is 5.14. The minimum atomic E-state index is -0.236. The Morgan fingerprint density at radius 1 is 1.55 bits per heavy atom.